The van der Waals surface area contributed by atoms with Gasteiger partial charge in [0.1, 0.15) is 0 Å². The lowest BCUT2D eigenvalue weighted by Gasteiger charge is -2.17. The van der Waals surface area contributed by atoms with E-state index in [1.807, 2.05) is 30.3 Å². The fourth-order valence-electron chi connectivity index (χ4n) is 2.67. The van der Waals surface area contributed by atoms with Crippen molar-refractivity contribution in [2.45, 2.75) is 23.9 Å². The van der Waals surface area contributed by atoms with Crippen molar-refractivity contribution in [3.8, 4) is 5.75 Å². The van der Waals surface area contributed by atoms with Crippen LogP contribution in [-0.2, 0) is 6.54 Å². The Morgan fingerprint density at radius 1 is 1.17 bits per heavy atom. The molecule has 0 amide bonds. The van der Waals surface area contributed by atoms with Gasteiger partial charge in [0.05, 0.1) is 19.9 Å². The lowest BCUT2D eigenvalue weighted by Crippen LogP contribution is -2.19. The highest BCUT2D eigenvalue weighted by Crippen LogP contribution is 2.38. The molecular formula is C20H18F3N3O2S. The van der Waals surface area contributed by atoms with Gasteiger partial charge in [0.25, 0.3) is 0 Å². The fraction of sp³-hybridized carbons (Fsp3) is 0.200. The van der Waals surface area contributed by atoms with E-state index in [9.17, 15) is 18.0 Å². The average Bonchev–Trinajstić information content (AvgIpc) is 2.66. The summed E-state index contributed by atoms with van der Waals surface area (Å²) in [5.74, 6) is 0.279. The quantitative estimate of drug-likeness (QED) is 0.570. The molecule has 1 N–H and O–H groups in total. The molecule has 0 aliphatic heterocycles. The molecule has 0 radical (unpaired) electrons. The van der Waals surface area contributed by atoms with E-state index in [1.165, 1.54) is 25.4 Å². The van der Waals surface area contributed by atoms with Crippen LogP contribution in [0.4, 0.5) is 24.8 Å². The normalized spacial score (nSPS) is 11.3. The summed E-state index contributed by atoms with van der Waals surface area (Å²) >= 11 is -0.199. The highest BCUT2D eigenvalue weighted by molar-refractivity contribution is 8.00. The van der Waals surface area contributed by atoms with Gasteiger partial charge in [-0.15, -0.1) is 0 Å². The Kier molecular flexibility index (Phi) is 6.17. The molecule has 0 saturated heterocycles. The van der Waals surface area contributed by atoms with Gasteiger partial charge in [-0.3, -0.25) is 4.79 Å². The number of aromatic nitrogens is 2. The largest absolute Gasteiger partial charge is 0.490 e. The zero-order chi connectivity index (χ0) is 21.0. The maximum Gasteiger partial charge on any atom is 0.446 e. The smallest absolute Gasteiger partial charge is 0.446 e. The molecule has 0 atom stereocenters. The van der Waals surface area contributed by atoms with Crippen LogP contribution in [0.2, 0.25) is 0 Å². The third-order valence-electron chi connectivity index (χ3n) is 4.07. The van der Waals surface area contributed by atoms with Gasteiger partial charge in [-0.25, -0.2) is 0 Å². The summed E-state index contributed by atoms with van der Waals surface area (Å²) in [6.45, 7) is 2.15. The molecule has 0 aliphatic rings. The third kappa shape index (κ3) is 5.54. The number of alkyl halides is 3. The van der Waals surface area contributed by atoms with Crippen molar-refractivity contribution >= 4 is 23.4 Å². The van der Waals surface area contributed by atoms with E-state index in [4.69, 9.17) is 4.74 Å². The van der Waals surface area contributed by atoms with Crippen LogP contribution in [-0.4, -0.2) is 22.2 Å². The van der Waals surface area contributed by atoms with Crippen LogP contribution >= 0.6 is 11.8 Å². The van der Waals surface area contributed by atoms with Gasteiger partial charge in [0.2, 0.25) is 11.7 Å². The van der Waals surface area contributed by atoms with Crippen molar-refractivity contribution in [3.63, 3.8) is 0 Å². The number of nitrogens with zero attached hydrogens (tertiary/aromatic N) is 2. The minimum Gasteiger partial charge on any atom is -0.490 e. The molecule has 5 nitrogen and oxygen atoms in total. The number of aryl methyl sites for hydroxylation is 1. The van der Waals surface area contributed by atoms with E-state index >= 15 is 0 Å². The van der Waals surface area contributed by atoms with E-state index in [-0.39, 0.29) is 28.4 Å². The molecule has 29 heavy (non-hydrogen) atoms. The van der Waals surface area contributed by atoms with E-state index in [0.717, 1.165) is 5.56 Å². The molecule has 3 aromatic rings. The van der Waals surface area contributed by atoms with Crippen molar-refractivity contribution in [1.82, 2.24) is 9.55 Å². The summed E-state index contributed by atoms with van der Waals surface area (Å²) in [6.07, 6.45) is 1.52. The Labute approximate surface area is 169 Å². The number of hydrogen-bond acceptors (Lipinski definition) is 5. The van der Waals surface area contributed by atoms with Gasteiger partial charge in [-0.05, 0) is 41.9 Å². The van der Waals surface area contributed by atoms with Gasteiger partial charge in [0, 0.05) is 10.6 Å². The molecule has 1 aromatic heterocycles. The lowest BCUT2D eigenvalue weighted by atomic mass is 10.2. The maximum absolute atomic E-state index is 12.7. The van der Waals surface area contributed by atoms with Gasteiger partial charge >= 0.3 is 11.1 Å². The summed E-state index contributed by atoms with van der Waals surface area (Å²) in [7, 11) is 1.38. The van der Waals surface area contributed by atoms with Crippen LogP contribution in [0.5, 0.6) is 5.75 Å². The lowest BCUT2D eigenvalue weighted by molar-refractivity contribution is -0.0328. The first kappa shape index (κ1) is 20.8. The average molecular weight is 421 g/mol. The second kappa shape index (κ2) is 8.60. The second-order valence-electron chi connectivity index (χ2n) is 6.20. The SMILES string of the molecule is COc1cn(Cc2ccccc2)c(Nc2cc(SC(F)(F)F)ccc2C)nc1=O. The van der Waals surface area contributed by atoms with Gasteiger partial charge in [-0.1, -0.05) is 36.4 Å². The summed E-state index contributed by atoms with van der Waals surface area (Å²) in [6, 6.07) is 13.9. The van der Waals surface area contributed by atoms with E-state index in [2.05, 4.69) is 10.3 Å². The number of ether oxygens (including phenoxy) is 1. The minimum atomic E-state index is -4.39. The summed E-state index contributed by atoms with van der Waals surface area (Å²) in [4.78, 5) is 16.2. The number of benzene rings is 2. The molecule has 3 rings (SSSR count). The molecule has 152 valence electrons. The van der Waals surface area contributed by atoms with Gasteiger partial charge in [-0.2, -0.15) is 18.2 Å². The third-order valence-corrected chi connectivity index (χ3v) is 4.79. The number of nitrogens with one attached hydrogen (secondary N) is 1. The van der Waals surface area contributed by atoms with Crippen molar-refractivity contribution in [1.29, 1.82) is 0 Å². The number of rotatable bonds is 6. The first-order chi connectivity index (χ1) is 13.7. The van der Waals surface area contributed by atoms with Gasteiger partial charge < -0.3 is 14.6 Å². The van der Waals surface area contributed by atoms with Crippen molar-refractivity contribution in [3.05, 3.63) is 76.2 Å². The van der Waals surface area contributed by atoms with Crippen LogP contribution in [0.15, 0.2) is 64.4 Å². The Balaban J connectivity index is 1.99. The Morgan fingerprint density at radius 2 is 1.90 bits per heavy atom. The Bertz CT molecular complexity index is 1050. The molecule has 0 fully saturated rings. The van der Waals surface area contributed by atoms with E-state index in [1.54, 1.807) is 17.6 Å². The number of methoxy groups -OCH3 is 1. The molecule has 0 aliphatic carbocycles. The van der Waals surface area contributed by atoms with Crippen LogP contribution < -0.4 is 15.6 Å². The molecular weight excluding hydrogens is 403 g/mol. The maximum atomic E-state index is 12.7. The highest BCUT2D eigenvalue weighted by Gasteiger charge is 2.29. The molecule has 2 aromatic carbocycles. The molecule has 0 bridgehead atoms. The molecule has 0 unspecified atom stereocenters. The van der Waals surface area contributed by atoms with E-state index < -0.39 is 11.1 Å². The highest BCUT2D eigenvalue weighted by atomic mass is 32.2. The molecule has 0 saturated carbocycles. The summed E-state index contributed by atoms with van der Waals surface area (Å²) < 4.78 is 44.9. The van der Waals surface area contributed by atoms with Crippen LogP contribution in [0, 0.1) is 6.92 Å². The van der Waals surface area contributed by atoms with E-state index in [0.29, 0.717) is 17.8 Å². The predicted molar refractivity (Wildman–Crippen MR) is 107 cm³/mol. The Hall–Kier alpha value is -2.94. The van der Waals surface area contributed by atoms with Crippen molar-refractivity contribution in [2.24, 2.45) is 0 Å². The Morgan fingerprint density at radius 3 is 2.55 bits per heavy atom. The fourth-order valence-corrected chi connectivity index (χ4v) is 3.25. The molecule has 9 heteroatoms. The first-order valence-electron chi connectivity index (χ1n) is 8.58. The standard InChI is InChI=1S/C20H18F3N3O2S/c1-13-8-9-15(29-20(21,22)23)10-16(13)24-19-25-18(27)17(28-2)12-26(19)11-14-6-4-3-5-7-14/h3-10,12H,11H2,1-2H3,(H,24,25,27). The zero-order valence-corrected chi connectivity index (χ0v) is 16.5. The number of hydrogen-bond donors (Lipinski definition) is 1. The monoisotopic (exact) mass is 421 g/mol. The second-order valence-corrected chi connectivity index (χ2v) is 7.34. The van der Waals surface area contributed by atoms with Crippen molar-refractivity contribution < 1.29 is 17.9 Å². The predicted octanol–water partition coefficient (Wildman–Crippen LogP) is 4.96. The number of halogens is 3. The van der Waals surface area contributed by atoms with Gasteiger partial charge in [0.15, 0.2) is 0 Å². The molecule has 1 heterocycles. The molecule has 0 spiro atoms. The number of thioether (sulfide) groups is 1. The van der Waals surface area contributed by atoms with Crippen LogP contribution in [0.3, 0.4) is 0 Å². The number of anilines is 2. The summed E-state index contributed by atoms with van der Waals surface area (Å²) in [5, 5.41) is 2.99. The first-order valence-corrected chi connectivity index (χ1v) is 9.39. The minimum absolute atomic E-state index is 0.0380. The van der Waals surface area contributed by atoms with Crippen LogP contribution in [0.25, 0.3) is 0 Å². The van der Waals surface area contributed by atoms with Crippen molar-refractivity contribution in [2.75, 3.05) is 12.4 Å². The van der Waals surface area contributed by atoms with Crippen LogP contribution in [0.1, 0.15) is 11.1 Å². The zero-order valence-electron chi connectivity index (χ0n) is 15.7. The summed E-state index contributed by atoms with van der Waals surface area (Å²) in [5.41, 5.74) is -2.86. The topological polar surface area (TPSA) is 56.1 Å².